The van der Waals surface area contributed by atoms with Crippen LogP contribution in [0.15, 0.2) is 11.8 Å². The van der Waals surface area contributed by atoms with Crippen molar-refractivity contribution in [3.8, 4) is 0 Å². The summed E-state index contributed by atoms with van der Waals surface area (Å²) in [5.74, 6) is -0.760. The lowest BCUT2D eigenvalue weighted by molar-refractivity contribution is -0.179. The fourth-order valence-electron chi connectivity index (χ4n) is 0.853. The zero-order valence-electron chi connectivity index (χ0n) is 9.82. The number of hydrogen-bond donors (Lipinski definition) is 1. The molecule has 1 unspecified atom stereocenters. The van der Waals surface area contributed by atoms with Crippen LogP contribution < -0.4 is 0 Å². The lowest BCUT2D eigenvalue weighted by Crippen LogP contribution is -2.25. The van der Waals surface area contributed by atoms with Gasteiger partial charge in [0.05, 0.1) is 21.8 Å². The highest BCUT2D eigenvalue weighted by molar-refractivity contribution is 6.80. The predicted molar refractivity (Wildman–Crippen MR) is 61.1 cm³/mol. The van der Waals surface area contributed by atoms with Gasteiger partial charge in [0, 0.05) is 0 Å². The maximum absolute atomic E-state index is 10.7. The van der Waals surface area contributed by atoms with Crippen LogP contribution in [-0.4, -0.2) is 39.2 Å². The number of rotatable bonds is 6. The molecule has 0 spiro atoms. The van der Waals surface area contributed by atoms with Gasteiger partial charge in [-0.2, -0.15) is 0 Å². The molecule has 1 atom stereocenters. The van der Waals surface area contributed by atoms with Gasteiger partial charge in [0.15, 0.2) is 0 Å². The van der Waals surface area contributed by atoms with Crippen molar-refractivity contribution in [3.63, 3.8) is 0 Å². The van der Waals surface area contributed by atoms with Crippen molar-refractivity contribution in [3.05, 3.63) is 11.8 Å². The molecule has 88 valence electrons. The summed E-state index contributed by atoms with van der Waals surface area (Å²) in [6.45, 7) is 7.01. The van der Waals surface area contributed by atoms with E-state index >= 15 is 0 Å². The van der Waals surface area contributed by atoms with Crippen LogP contribution in [0.2, 0.25) is 19.6 Å². The van der Waals surface area contributed by atoms with Gasteiger partial charge in [-0.15, -0.1) is 0 Å². The molecule has 0 amide bonds. The van der Waals surface area contributed by atoms with E-state index in [1.54, 1.807) is 0 Å². The largest absolute Gasteiger partial charge is 0.465 e. The second kappa shape index (κ2) is 6.76. The number of aliphatic hydroxyl groups excluding tert-OH is 1. The molecule has 0 aromatic heterocycles. The van der Waals surface area contributed by atoms with Crippen LogP contribution in [-0.2, 0) is 14.3 Å². The maximum Gasteiger partial charge on any atom is 0.363 e. The Labute approximate surface area is 91.9 Å². The number of hydrogen-bond acceptors (Lipinski definition) is 4. The average molecular weight is 232 g/mol. The van der Waals surface area contributed by atoms with E-state index in [-0.39, 0.29) is 0 Å². The third kappa shape index (κ3) is 8.35. The Morgan fingerprint density at radius 3 is 2.53 bits per heavy atom. The van der Waals surface area contributed by atoms with Crippen LogP contribution in [0.3, 0.4) is 0 Å². The molecule has 0 saturated carbocycles. The Bertz CT molecular complexity index is 220. The molecule has 0 heterocycles. The average Bonchev–Trinajstić information content (AvgIpc) is 2.14. The van der Waals surface area contributed by atoms with Gasteiger partial charge in [0.25, 0.3) is 6.29 Å². The Kier molecular flexibility index (Phi) is 6.47. The van der Waals surface area contributed by atoms with E-state index in [4.69, 9.17) is 9.84 Å². The number of aliphatic hydroxyl groups is 1. The van der Waals surface area contributed by atoms with Crippen LogP contribution in [0.5, 0.6) is 0 Å². The molecule has 15 heavy (non-hydrogen) atoms. The zero-order valence-corrected chi connectivity index (χ0v) is 10.8. The Morgan fingerprint density at radius 1 is 1.47 bits per heavy atom. The second-order valence-electron chi connectivity index (χ2n) is 4.30. The lowest BCUT2D eigenvalue weighted by Gasteiger charge is -2.09. The third-order valence-corrected chi connectivity index (χ3v) is 2.82. The summed E-state index contributed by atoms with van der Waals surface area (Å²) < 4.78 is 9.15. The number of esters is 1. The van der Waals surface area contributed by atoms with Crippen molar-refractivity contribution in [2.45, 2.75) is 32.4 Å². The summed E-state index contributed by atoms with van der Waals surface area (Å²) in [5.41, 5.74) is 2.20. The Balaban J connectivity index is 3.63. The minimum atomic E-state index is -1.46. The molecule has 0 fully saturated rings. The quantitative estimate of drug-likeness (QED) is 0.325. The standard InChI is InChI=1S/C10H20O4Si/c1-13-9(11)10(12)14-7-5-6-8-15(2,3)4/h6,8,10,12H,5,7H2,1-4H3/b8-6+. The smallest absolute Gasteiger partial charge is 0.363 e. The Hall–Kier alpha value is -0.653. The van der Waals surface area contributed by atoms with E-state index in [9.17, 15) is 4.79 Å². The number of carbonyl (C=O) groups excluding carboxylic acids is 1. The van der Waals surface area contributed by atoms with Gasteiger partial charge in [-0.1, -0.05) is 31.4 Å². The van der Waals surface area contributed by atoms with Crippen LogP contribution in [0.25, 0.3) is 0 Å². The summed E-state index contributed by atoms with van der Waals surface area (Å²) in [6.07, 6.45) is 1.25. The molecule has 5 heteroatoms. The molecule has 0 rings (SSSR count). The summed E-state index contributed by atoms with van der Waals surface area (Å²) in [4.78, 5) is 10.7. The van der Waals surface area contributed by atoms with Crippen molar-refractivity contribution < 1.29 is 19.4 Å². The minimum Gasteiger partial charge on any atom is -0.465 e. The monoisotopic (exact) mass is 232 g/mol. The molecule has 0 aliphatic carbocycles. The number of carbonyl (C=O) groups is 1. The van der Waals surface area contributed by atoms with E-state index < -0.39 is 20.3 Å². The van der Waals surface area contributed by atoms with Crippen LogP contribution >= 0.6 is 0 Å². The van der Waals surface area contributed by atoms with Crippen LogP contribution in [0, 0.1) is 0 Å². The van der Waals surface area contributed by atoms with Gasteiger partial charge in [0.2, 0.25) is 0 Å². The molecule has 0 bridgehead atoms. The fraction of sp³-hybridized carbons (Fsp3) is 0.700. The van der Waals surface area contributed by atoms with Gasteiger partial charge in [-0.25, -0.2) is 4.79 Å². The third-order valence-electron chi connectivity index (χ3n) is 1.58. The number of ether oxygens (including phenoxy) is 2. The summed E-state index contributed by atoms with van der Waals surface area (Å²) >= 11 is 0. The molecule has 0 radical (unpaired) electrons. The SMILES string of the molecule is COC(=O)C(O)OCC/C=C/[Si](C)(C)C. The van der Waals surface area contributed by atoms with E-state index in [2.05, 4.69) is 30.1 Å². The minimum absolute atomic E-state index is 0.317. The zero-order chi connectivity index (χ0) is 11.9. The van der Waals surface area contributed by atoms with Gasteiger partial charge >= 0.3 is 5.97 Å². The van der Waals surface area contributed by atoms with E-state index in [0.717, 1.165) is 0 Å². The first kappa shape index (κ1) is 14.3. The van der Waals surface area contributed by atoms with Gasteiger partial charge in [-0.05, 0) is 6.42 Å². The molecule has 1 N–H and O–H groups in total. The van der Waals surface area contributed by atoms with Gasteiger partial charge < -0.3 is 14.6 Å². The van der Waals surface area contributed by atoms with Crippen LogP contribution in [0.1, 0.15) is 6.42 Å². The summed E-state index contributed by atoms with van der Waals surface area (Å²) in [7, 11) is 0.0550. The van der Waals surface area contributed by atoms with Crippen molar-refractivity contribution in [1.29, 1.82) is 0 Å². The summed E-state index contributed by atoms with van der Waals surface area (Å²) in [5, 5.41) is 9.06. The molecule has 4 nitrogen and oxygen atoms in total. The van der Waals surface area contributed by atoms with E-state index in [1.807, 2.05) is 6.08 Å². The van der Waals surface area contributed by atoms with Gasteiger partial charge in [0.1, 0.15) is 0 Å². The maximum atomic E-state index is 10.7. The van der Waals surface area contributed by atoms with Crippen molar-refractivity contribution in [1.82, 2.24) is 0 Å². The summed E-state index contributed by atoms with van der Waals surface area (Å²) in [6, 6.07) is 0. The highest BCUT2D eigenvalue weighted by Crippen LogP contribution is 2.03. The highest BCUT2D eigenvalue weighted by Gasteiger charge is 2.14. The normalized spacial score (nSPS) is 14.2. The number of methoxy groups -OCH3 is 1. The molecule has 0 aromatic rings. The lowest BCUT2D eigenvalue weighted by atomic mass is 10.4. The second-order valence-corrected chi connectivity index (χ2v) is 9.37. The van der Waals surface area contributed by atoms with Crippen molar-refractivity contribution in [2.75, 3.05) is 13.7 Å². The first-order valence-corrected chi connectivity index (χ1v) is 8.50. The predicted octanol–water partition coefficient (Wildman–Crippen LogP) is 1.32. The highest BCUT2D eigenvalue weighted by atomic mass is 28.3. The molecule has 0 aromatic carbocycles. The topological polar surface area (TPSA) is 55.8 Å². The van der Waals surface area contributed by atoms with Crippen molar-refractivity contribution in [2.24, 2.45) is 0 Å². The first-order chi connectivity index (χ1) is 6.87. The molecule has 0 saturated heterocycles. The molecule has 0 aliphatic rings. The van der Waals surface area contributed by atoms with Crippen LogP contribution in [0.4, 0.5) is 0 Å². The molecular weight excluding hydrogens is 212 g/mol. The van der Waals surface area contributed by atoms with E-state index in [0.29, 0.717) is 13.0 Å². The Morgan fingerprint density at radius 2 is 2.07 bits per heavy atom. The van der Waals surface area contributed by atoms with Crippen molar-refractivity contribution >= 4 is 14.0 Å². The van der Waals surface area contributed by atoms with E-state index in [1.165, 1.54) is 7.11 Å². The molecular formula is C10H20O4Si. The molecule has 0 aliphatic heterocycles. The van der Waals surface area contributed by atoms with Gasteiger partial charge in [-0.3, -0.25) is 0 Å². The fourth-order valence-corrected chi connectivity index (χ4v) is 1.73. The first-order valence-electron chi connectivity index (χ1n) is 4.92.